The molecule has 0 bridgehead atoms. The summed E-state index contributed by atoms with van der Waals surface area (Å²) in [5.74, 6) is 0. The van der Waals surface area contributed by atoms with E-state index in [1.807, 2.05) is 268 Å². The maximum Gasteiger partial charge on any atom is 0.115 e. The summed E-state index contributed by atoms with van der Waals surface area (Å²) in [5, 5.41) is 14.9. The van der Waals surface area contributed by atoms with Crippen LogP contribution in [0.1, 0.15) is 226 Å². The lowest BCUT2D eigenvalue weighted by atomic mass is 10.1. The lowest BCUT2D eigenvalue weighted by Crippen LogP contribution is -1.87. The molecule has 0 N–H and O–H groups in total. The first kappa shape index (κ1) is 101. The van der Waals surface area contributed by atoms with Gasteiger partial charge < -0.3 is 0 Å². The fourth-order valence-corrected chi connectivity index (χ4v) is 4.72. The summed E-state index contributed by atoms with van der Waals surface area (Å²) < 4.78 is 0. The fraction of sp³-hybridized carbons (Fsp3) is 0.462. The van der Waals surface area contributed by atoms with Crippen LogP contribution in [0.15, 0.2) is 147 Å². The Balaban J connectivity index is -0.000000113. The molecule has 12 nitrogen and oxygen atoms in total. The van der Waals surface area contributed by atoms with Crippen molar-refractivity contribution in [3.05, 3.63) is 248 Å². The Hall–Kier alpha value is -7.86. The molecule has 0 unspecified atom stereocenters. The van der Waals surface area contributed by atoms with E-state index in [2.05, 4.69) is 152 Å². The van der Waals surface area contributed by atoms with E-state index in [0.29, 0.717) is 0 Å². The Labute approximate surface area is 555 Å². The number of hydrogen-bond donors (Lipinski definition) is 0. The molecule has 0 saturated heterocycles. The highest BCUT2D eigenvalue weighted by atomic mass is 15.1. The van der Waals surface area contributed by atoms with Crippen molar-refractivity contribution in [2.75, 3.05) is 0 Å². The van der Waals surface area contributed by atoms with E-state index >= 15 is 0 Å². The van der Waals surface area contributed by atoms with Crippen molar-refractivity contribution in [1.29, 1.82) is 0 Å². The van der Waals surface area contributed by atoms with Gasteiger partial charge in [0.1, 0.15) is 6.33 Å². The van der Waals surface area contributed by atoms with E-state index in [4.69, 9.17) is 0 Å². The molecule has 8 aromatic heterocycles. The lowest BCUT2D eigenvalue weighted by Gasteiger charge is -1.93. The van der Waals surface area contributed by atoms with Gasteiger partial charge in [-0.1, -0.05) is 161 Å². The summed E-state index contributed by atoms with van der Waals surface area (Å²) in [6, 6.07) is 22.3. The van der Waals surface area contributed by atoms with Gasteiger partial charge in [-0.3, -0.25) is 29.9 Å². The number of aromatic nitrogens is 12. The second-order valence-corrected chi connectivity index (χ2v) is 17.0. The van der Waals surface area contributed by atoms with Crippen LogP contribution in [-0.2, 0) is 0 Å². The van der Waals surface area contributed by atoms with Gasteiger partial charge in [-0.15, -0.1) is 0 Å². The monoisotopic (exact) mass is 1240 g/mol. The van der Waals surface area contributed by atoms with E-state index in [1.165, 1.54) is 61.2 Å². The van der Waals surface area contributed by atoms with Crippen molar-refractivity contribution in [2.24, 2.45) is 0 Å². The molecule has 9 rings (SSSR count). The van der Waals surface area contributed by atoms with E-state index in [1.54, 1.807) is 37.3 Å². The van der Waals surface area contributed by atoms with Gasteiger partial charge in [-0.25, -0.2) is 9.97 Å². The predicted molar refractivity (Wildman–Crippen MR) is 399 cm³/mol. The Morgan fingerprint density at radius 2 is 0.467 bits per heavy atom. The average Bonchev–Trinajstić information content (AvgIpc) is 3.63. The minimum Gasteiger partial charge on any atom is -0.264 e. The molecule has 0 fully saturated rings. The quantitative estimate of drug-likeness (QED) is 0.142. The SMILES string of the molecule is CC.CC.CC.CC.CC.CC.CC.CC.CC.Cc1ccccc1C.Cc1cccnc1C.Cc1cccnc1C.Cc1ccncc1C.Cc1ccncc1C.Cc1ccnnc1C.Cc1cncnc1C.Cc1cnncc1C.Cc1nccnc1C. The molecule has 0 spiro atoms. The predicted octanol–water partition coefficient (Wildman–Crippen LogP) is 22.7. The first-order valence-electron chi connectivity index (χ1n) is 32.7. The van der Waals surface area contributed by atoms with Gasteiger partial charge in [0.15, 0.2) is 0 Å². The molecule has 0 aliphatic rings. The molecule has 0 saturated carbocycles. The largest absolute Gasteiger partial charge is 0.264 e. The number of benzene rings is 1. The van der Waals surface area contributed by atoms with Crippen molar-refractivity contribution in [1.82, 2.24) is 60.3 Å². The zero-order chi connectivity index (χ0) is 71.8. The number of hydrogen-bond acceptors (Lipinski definition) is 12. The summed E-state index contributed by atoms with van der Waals surface area (Å²) in [6.45, 7) is 72.5. The summed E-state index contributed by atoms with van der Waals surface area (Å²) >= 11 is 0. The van der Waals surface area contributed by atoms with Gasteiger partial charge in [0.05, 0.1) is 29.5 Å². The molecule has 0 radical (unpaired) electrons. The third-order valence-electron chi connectivity index (χ3n) is 11.2. The van der Waals surface area contributed by atoms with Crippen LogP contribution in [0.5, 0.6) is 0 Å². The number of aryl methyl sites for hydroxylation is 18. The summed E-state index contributed by atoms with van der Waals surface area (Å²) in [7, 11) is 0. The average molecular weight is 1240 g/mol. The Morgan fingerprint density at radius 1 is 0.189 bits per heavy atom. The Kier molecular flexibility index (Phi) is 86.8. The van der Waals surface area contributed by atoms with Crippen LogP contribution in [0, 0.1) is 125 Å². The molecule has 12 heteroatoms. The first-order chi connectivity index (χ1) is 43.2. The van der Waals surface area contributed by atoms with Crippen LogP contribution in [0.3, 0.4) is 0 Å². The Bertz CT molecular complexity index is 2080. The third-order valence-corrected chi connectivity index (χ3v) is 11.2. The first-order valence-corrected chi connectivity index (χ1v) is 32.7. The molecular weight excluding hydrogens is 1100 g/mol. The van der Waals surface area contributed by atoms with Crippen LogP contribution in [0.2, 0.25) is 0 Å². The van der Waals surface area contributed by atoms with Crippen molar-refractivity contribution >= 4 is 0 Å². The smallest absolute Gasteiger partial charge is 0.115 e. The summed E-state index contributed by atoms with van der Waals surface area (Å²) in [6.07, 6.45) is 22.9. The molecular formula is C78H132N12. The number of pyridine rings is 4. The summed E-state index contributed by atoms with van der Waals surface area (Å²) in [4.78, 5) is 31.9. The van der Waals surface area contributed by atoms with Crippen LogP contribution in [0.25, 0.3) is 0 Å². The Morgan fingerprint density at radius 3 is 0.667 bits per heavy atom. The van der Waals surface area contributed by atoms with Crippen molar-refractivity contribution < 1.29 is 0 Å². The highest BCUT2D eigenvalue weighted by Gasteiger charge is 1.91. The van der Waals surface area contributed by atoms with Crippen LogP contribution in [0.4, 0.5) is 0 Å². The molecule has 8 heterocycles. The highest BCUT2D eigenvalue weighted by Crippen LogP contribution is 2.05. The van der Waals surface area contributed by atoms with Gasteiger partial charge in [0.25, 0.3) is 0 Å². The van der Waals surface area contributed by atoms with Gasteiger partial charge in [-0.05, 0) is 222 Å². The van der Waals surface area contributed by atoms with E-state index in [0.717, 1.165) is 39.7 Å². The molecule has 0 atom stereocenters. The molecule has 504 valence electrons. The second-order valence-electron chi connectivity index (χ2n) is 17.0. The topological polar surface area (TPSA) is 155 Å². The molecule has 0 amide bonds. The zero-order valence-corrected chi connectivity index (χ0v) is 64.2. The van der Waals surface area contributed by atoms with Gasteiger partial charge >= 0.3 is 0 Å². The molecule has 1 aromatic carbocycles. The normalized spacial score (nSPS) is 8.00. The molecule has 9 aromatic rings. The second kappa shape index (κ2) is 77.2. The minimum atomic E-state index is 1.01. The maximum atomic E-state index is 4.08. The van der Waals surface area contributed by atoms with Crippen molar-refractivity contribution in [3.8, 4) is 0 Å². The van der Waals surface area contributed by atoms with Crippen LogP contribution >= 0.6 is 0 Å². The van der Waals surface area contributed by atoms with Crippen molar-refractivity contribution in [2.45, 2.75) is 249 Å². The molecule has 0 aliphatic heterocycles. The van der Waals surface area contributed by atoms with Crippen LogP contribution < -0.4 is 0 Å². The molecule has 90 heavy (non-hydrogen) atoms. The maximum absolute atomic E-state index is 4.08. The van der Waals surface area contributed by atoms with Crippen LogP contribution in [-0.4, -0.2) is 60.3 Å². The van der Waals surface area contributed by atoms with E-state index < -0.39 is 0 Å². The molecule has 0 aliphatic carbocycles. The van der Waals surface area contributed by atoms with Crippen molar-refractivity contribution in [3.63, 3.8) is 0 Å². The number of rotatable bonds is 0. The zero-order valence-electron chi connectivity index (χ0n) is 64.2. The van der Waals surface area contributed by atoms with E-state index in [9.17, 15) is 0 Å². The lowest BCUT2D eigenvalue weighted by molar-refractivity contribution is 0.961. The summed E-state index contributed by atoms with van der Waals surface area (Å²) in [5.41, 5.74) is 21.4. The fourth-order valence-electron chi connectivity index (χ4n) is 4.72. The van der Waals surface area contributed by atoms with Gasteiger partial charge in [-0.2, -0.15) is 20.4 Å². The van der Waals surface area contributed by atoms with Gasteiger partial charge in [0.2, 0.25) is 0 Å². The number of nitrogens with zero attached hydrogens (tertiary/aromatic N) is 12. The minimum absolute atomic E-state index is 1.01. The van der Waals surface area contributed by atoms with E-state index in [-0.39, 0.29) is 0 Å². The standard InChI is InChI=1S/C8H10.4C7H9N.4C6H8N2.9C2H6/c1-7-5-3-4-6-8(7)2;2*1-6-3-4-8-5-7(6)2;2*1-6-4-3-5-8-7(6)2;1-5-3-7-4-8-6(5)2;1-5-3-7-8-4-6(5)2;1-5-6(2)8-4-3-7-5;1-5-3-4-7-8-6(5)2;9*1-2/h3-6H,1-2H3;4*3-5H,1-2H3;4*3-4H,1-2H3;9*1-2H3. The highest BCUT2D eigenvalue weighted by molar-refractivity contribution is 5.24. The third kappa shape index (κ3) is 60.4. The van der Waals surface area contributed by atoms with Gasteiger partial charge in [0, 0.05) is 79.1 Å².